The summed E-state index contributed by atoms with van der Waals surface area (Å²) in [6.45, 7) is 1.69. The fourth-order valence-electron chi connectivity index (χ4n) is 2.19. The van der Waals surface area contributed by atoms with Gasteiger partial charge in [0.15, 0.2) is 21.8 Å². The quantitative estimate of drug-likeness (QED) is 0.442. The number of hydrogen-bond donors (Lipinski definition) is 1. The summed E-state index contributed by atoms with van der Waals surface area (Å²) in [6.07, 6.45) is 0. The van der Waals surface area contributed by atoms with Crippen LogP contribution in [-0.2, 0) is 0 Å². The molecule has 3 rings (SSSR count). The molecule has 0 aliphatic rings. The Labute approximate surface area is 162 Å². The minimum absolute atomic E-state index is 0.120. The third kappa shape index (κ3) is 4.81. The summed E-state index contributed by atoms with van der Waals surface area (Å²) in [5.74, 6) is -1.58. The maximum absolute atomic E-state index is 13.3. The first-order chi connectivity index (χ1) is 13.0. The summed E-state index contributed by atoms with van der Waals surface area (Å²) >= 11 is 2.51. The molecule has 0 saturated carbocycles. The van der Waals surface area contributed by atoms with Crippen molar-refractivity contribution in [3.63, 3.8) is 0 Å². The number of hydrogen-bond acceptors (Lipinski definition) is 7. The summed E-state index contributed by atoms with van der Waals surface area (Å²) in [6, 6.07) is 10.5. The van der Waals surface area contributed by atoms with Gasteiger partial charge in [-0.3, -0.25) is 4.79 Å². The van der Waals surface area contributed by atoms with E-state index in [9.17, 15) is 13.6 Å². The van der Waals surface area contributed by atoms with E-state index in [0.29, 0.717) is 9.47 Å². The van der Waals surface area contributed by atoms with Crippen molar-refractivity contribution in [3.05, 3.63) is 59.7 Å². The van der Waals surface area contributed by atoms with Crippen molar-refractivity contribution in [3.8, 4) is 5.75 Å². The molecule has 5 nitrogen and oxygen atoms in total. The summed E-state index contributed by atoms with van der Waals surface area (Å²) < 4.78 is 32.0. The molecule has 1 atom stereocenters. The molecule has 0 radical (unpaired) electrons. The zero-order valence-corrected chi connectivity index (χ0v) is 16.0. The number of ether oxygens (including phenoxy) is 1. The van der Waals surface area contributed by atoms with Gasteiger partial charge in [0.05, 0.1) is 12.4 Å². The minimum Gasteiger partial charge on any atom is -0.497 e. The van der Waals surface area contributed by atoms with Crippen LogP contribution in [-0.4, -0.2) is 28.3 Å². The summed E-state index contributed by atoms with van der Waals surface area (Å²) in [7, 11) is 1.60. The van der Waals surface area contributed by atoms with E-state index in [0.717, 1.165) is 23.6 Å². The van der Waals surface area contributed by atoms with Crippen molar-refractivity contribution >= 4 is 39.7 Å². The van der Waals surface area contributed by atoms with Crippen LogP contribution in [0.4, 0.5) is 19.6 Å². The second kappa shape index (κ2) is 8.45. The van der Waals surface area contributed by atoms with Crippen molar-refractivity contribution in [2.75, 3.05) is 12.4 Å². The van der Waals surface area contributed by atoms with Gasteiger partial charge in [-0.2, -0.15) is 0 Å². The van der Waals surface area contributed by atoms with E-state index in [1.165, 1.54) is 29.2 Å². The average molecular weight is 407 g/mol. The Morgan fingerprint density at radius 3 is 2.56 bits per heavy atom. The van der Waals surface area contributed by atoms with Crippen molar-refractivity contribution in [1.82, 2.24) is 10.2 Å². The highest BCUT2D eigenvalue weighted by molar-refractivity contribution is 8.02. The molecule has 2 aromatic carbocycles. The molecule has 0 aliphatic carbocycles. The third-order valence-electron chi connectivity index (χ3n) is 3.60. The highest BCUT2D eigenvalue weighted by Crippen LogP contribution is 2.32. The van der Waals surface area contributed by atoms with Crippen LogP contribution >= 0.6 is 23.1 Å². The maximum Gasteiger partial charge on any atom is 0.210 e. The molecular weight excluding hydrogens is 392 g/mol. The fourth-order valence-corrected chi connectivity index (χ4v) is 4.19. The predicted molar refractivity (Wildman–Crippen MR) is 102 cm³/mol. The molecule has 1 N–H and O–H groups in total. The SMILES string of the molecule is COc1ccc(Nc2nnc(SC(C)C(=O)c3ccc(F)c(F)c3)s2)cc1. The van der Waals surface area contributed by atoms with Crippen molar-refractivity contribution in [2.45, 2.75) is 16.5 Å². The van der Waals surface area contributed by atoms with Gasteiger partial charge < -0.3 is 10.1 Å². The van der Waals surface area contributed by atoms with Gasteiger partial charge in [0, 0.05) is 11.3 Å². The average Bonchev–Trinajstić information content (AvgIpc) is 3.10. The predicted octanol–water partition coefficient (Wildman–Crippen LogP) is 4.93. The van der Waals surface area contributed by atoms with Crippen LogP contribution in [0.1, 0.15) is 17.3 Å². The molecule has 3 aromatic rings. The van der Waals surface area contributed by atoms with Gasteiger partial charge in [-0.05, 0) is 49.4 Å². The number of ketones is 1. The van der Waals surface area contributed by atoms with Crippen LogP contribution in [0.2, 0.25) is 0 Å². The van der Waals surface area contributed by atoms with E-state index in [2.05, 4.69) is 15.5 Å². The maximum atomic E-state index is 13.3. The van der Waals surface area contributed by atoms with Crippen molar-refractivity contribution in [2.24, 2.45) is 0 Å². The lowest BCUT2D eigenvalue weighted by molar-refractivity contribution is 0.0993. The number of carbonyl (C=O) groups is 1. The van der Waals surface area contributed by atoms with Gasteiger partial charge in [-0.15, -0.1) is 10.2 Å². The van der Waals surface area contributed by atoms with Gasteiger partial charge in [0.1, 0.15) is 5.75 Å². The molecule has 9 heteroatoms. The highest BCUT2D eigenvalue weighted by Gasteiger charge is 2.20. The second-order valence-electron chi connectivity index (χ2n) is 5.48. The van der Waals surface area contributed by atoms with Crippen molar-refractivity contribution < 1.29 is 18.3 Å². The number of Topliss-reactive ketones (excluding diaryl/α,β-unsaturated/α-hetero) is 1. The van der Waals surface area contributed by atoms with E-state index in [-0.39, 0.29) is 11.3 Å². The molecule has 1 heterocycles. The number of benzene rings is 2. The smallest absolute Gasteiger partial charge is 0.210 e. The lowest BCUT2D eigenvalue weighted by Crippen LogP contribution is -2.13. The van der Waals surface area contributed by atoms with Gasteiger partial charge in [0.25, 0.3) is 0 Å². The molecule has 0 fully saturated rings. The second-order valence-corrected chi connectivity index (χ2v) is 8.05. The minimum atomic E-state index is -1.04. The van der Waals surface area contributed by atoms with Crippen LogP contribution in [0.3, 0.4) is 0 Å². The number of nitrogens with zero attached hydrogens (tertiary/aromatic N) is 2. The highest BCUT2D eigenvalue weighted by atomic mass is 32.2. The number of halogens is 2. The zero-order chi connectivity index (χ0) is 19.4. The normalized spacial score (nSPS) is 11.9. The van der Waals surface area contributed by atoms with Crippen LogP contribution in [0.25, 0.3) is 0 Å². The Bertz CT molecular complexity index is 948. The number of aromatic nitrogens is 2. The lowest BCUT2D eigenvalue weighted by Gasteiger charge is -2.08. The van der Waals surface area contributed by atoms with E-state index in [4.69, 9.17) is 4.74 Å². The Kier molecular flexibility index (Phi) is 6.02. The van der Waals surface area contributed by atoms with Gasteiger partial charge in [-0.25, -0.2) is 8.78 Å². The molecule has 1 aromatic heterocycles. The van der Waals surface area contributed by atoms with Crippen LogP contribution in [0, 0.1) is 11.6 Å². The third-order valence-corrected chi connectivity index (χ3v) is 5.62. The molecule has 0 saturated heterocycles. The molecule has 27 heavy (non-hydrogen) atoms. The first kappa shape index (κ1) is 19.2. The number of carbonyl (C=O) groups excluding carboxylic acids is 1. The number of rotatable bonds is 7. The zero-order valence-electron chi connectivity index (χ0n) is 14.4. The topological polar surface area (TPSA) is 64.1 Å². The number of nitrogens with one attached hydrogen (secondary N) is 1. The molecule has 0 spiro atoms. The largest absolute Gasteiger partial charge is 0.497 e. The fraction of sp³-hybridized carbons (Fsp3) is 0.167. The van der Waals surface area contributed by atoms with Gasteiger partial charge >= 0.3 is 0 Å². The number of anilines is 2. The summed E-state index contributed by atoms with van der Waals surface area (Å²) in [5, 5.41) is 11.3. The molecule has 0 aliphatic heterocycles. The molecule has 0 amide bonds. The Hall–Kier alpha value is -2.52. The number of methoxy groups -OCH3 is 1. The molecule has 140 valence electrons. The molecular formula is C18H15F2N3O2S2. The van der Waals surface area contributed by atoms with E-state index >= 15 is 0 Å². The summed E-state index contributed by atoms with van der Waals surface area (Å²) in [4.78, 5) is 12.4. The first-order valence-corrected chi connectivity index (χ1v) is 9.56. The summed E-state index contributed by atoms with van der Waals surface area (Å²) in [5.41, 5.74) is 0.949. The van der Waals surface area contributed by atoms with Crippen LogP contribution in [0.15, 0.2) is 46.8 Å². The van der Waals surface area contributed by atoms with E-state index in [1.54, 1.807) is 14.0 Å². The van der Waals surface area contributed by atoms with Crippen LogP contribution in [0.5, 0.6) is 5.75 Å². The monoisotopic (exact) mass is 407 g/mol. The Balaban J connectivity index is 1.63. The number of thioether (sulfide) groups is 1. The molecule has 1 unspecified atom stereocenters. The van der Waals surface area contributed by atoms with E-state index in [1.807, 2.05) is 24.3 Å². The Morgan fingerprint density at radius 1 is 1.15 bits per heavy atom. The van der Waals surface area contributed by atoms with Gasteiger partial charge in [0.2, 0.25) is 5.13 Å². The first-order valence-electron chi connectivity index (χ1n) is 7.87. The van der Waals surface area contributed by atoms with Crippen LogP contribution < -0.4 is 10.1 Å². The van der Waals surface area contributed by atoms with E-state index < -0.39 is 16.9 Å². The molecule has 0 bridgehead atoms. The standard InChI is InChI=1S/C18H15F2N3O2S2/c1-10(16(24)11-3-8-14(19)15(20)9-11)26-18-23-22-17(27-18)21-12-4-6-13(25-2)7-5-12/h3-10H,1-2H3,(H,21,22). The lowest BCUT2D eigenvalue weighted by atomic mass is 10.1. The van der Waals surface area contributed by atoms with Gasteiger partial charge in [-0.1, -0.05) is 23.1 Å². The Morgan fingerprint density at radius 2 is 1.89 bits per heavy atom. The van der Waals surface area contributed by atoms with Crippen molar-refractivity contribution in [1.29, 1.82) is 0 Å².